The molecule has 0 spiro atoms. The van der Waals surface area contributed by atoms with E-state index in [4.69, 9.17) is 0 Å². The molecule has 0 bridgehead atoms. The monoisotopic (exact) mass is 262 g/mol. The number of hydrogen-bond donors (Lipinski definition) is 1. The van der Waals surface area contributed by atoms with Gasteiger partial charge in [-0.05, 0) is 50.6 Å². The van der Waals surface area contributed by atoms with E-state index in [0.717, 1.165) is 13.1 Å². The molecule has 1 aromatic rings. The van der Waals surface area contributed by atoms with Gasteiger partial charge in [0.2, 0.25) is 0 Å². The van der Waals surface area contributed by atoms with Crippen molar-refractivity contribution in [3.8, 4) is 0 Å². The molecular weight excluding hydrogens is 236 g/mol. The molecule has 2 unspecified atom stereocenters. The van der Waals surface area contributed by atoms with Crippen LogP contribution in [0.5, 0.6) is 0 Å². The topological polar surface area (TPSA) is 26.7 Å². The molecule has 0 amide bonds. The second-order valence-corrected chi connectivity index (χ2v) is 5.77. The van der Waals surface area contributed by atoms with Gasteiger partial charge in [0.25, 0.3) is 0 Å². The summed E-state index contributed by atoms with van der Waals surface area (Å²) in [5.74, 6) is 0. The Hall–Kier alpha value is -1.06. The molecule has 1 aliphatic rings. The number of anilines is 1. The van der Waals surface area contributed by atoms with E-state index >= 15 is 0 Å². The number of likely N-dealkylation sites (tertiary alicyclic amines) is 1. The van der Waals surface area contributed by atoms with Crippen LogP contribution in [0.2, 0.25) is 0 Å². The second kappa shape index (κ2) is 6.40. The average Bonchev–Trinajstić information content (AvgIpc) is 2.40. The Morgan fingerprint density at radius 2 is 1.63 bits per heavy atom. The molecule has 1 aromatic carbocycles. The Bertz CT molecular complexity index is 380. The molecule has 1 fully saturated rings. The SMILES string of the molecule is CC(O)C(c1ccc(N(C)C)cc1)N1CCCCC1. The van der Waals surface area contributed by atoms with Gasteiger partial charge in [-0.25, -0.2) is 0 Å². The third-order valence-electron chi connectivity index (χ3n) is 3.99. The Morgan fingerprint density at radius 3 is 2.11 bits per heavy atom. The first kappa shape index (κ1) is 14.4. The Morgan fingerprint density at radius 1 is 1.05 bits per heavy atom. The summed E-state index contributed by atoms with van der Waals surface area (Å²) in [6.45, 7) is 4.11. The molecule has 1 saturated heterocycles. The van der Waals surface area contributed by atoms with Gasteiger partial charge in [-0.15, -0.1) is 0 Å². The van der Waals surface area contributed by atoms with Crippen molar-refractivity contribution in [2.75, 3.05) is 32.1 Å². The fourth-order valence-corrected chi connectivity index (χ4v) is 2.96. The maximum atomic E-state index is 10.1. The molecule has 1 aliphatic heterocycles. The minimum atomic E-state index is -0.330. The number of aliphatic hydroxyl groups is 1. The van der Waals surface area contributed by atoms with Crippen LogP contribution in [0.1, 0.15) is 37.8 Å². The molecule has 0 saturated carbocycles. The van der Waals surface area contributed by atoms with Crippen LogP contribution in [0.4, 0.5) is 5.69 Å². The van der Waals surface area contributed by atoms with Crippen LogP contribution in [-0.4, -0.2) is 43.3 Å². The van der Waals surface area contributed by atoms with Gasteiger partial charge in [0.15, 0.2) is 0 Å². The molecule has 2 atom stereocenters. The number of nitrogens with zero attached hydrogens (tertiary/aromatic N) is 2. The Labute approximate surface area is 116 Å². The normalized spacial score (nSPS) is 20.0. The van der Waals surface area contributed by atoms with Crippen molar-refractivity contribution in [2.24, 2.45) is 0 Å². The lowest BCUT2D eigenvalue weighted by Gasteiger charge is -2.36. The largest absolute Gasteiger partial charge is 0.391 e. The van der Waals surface area contributed by atoms with Crippen molar-refractivity contribution in [3.63, 3.8) is 0 Å². The average molecular weight is 262 g/mol. The van der Waals surface area contributed by atoms with Crippen molar-refractivity contribution in [1.82, 2.24) is 4.90 Å². The highest BCUT2D eigenvalue weighted by atomic mass is 16.3. The number of piperidine rings is 1. The van der Waals surface area contributed by atoms with Crippen molar-refractivity contribution < 1.29 is 5.11 Å². The van der Waals surface area contributed by atoms with E-state index in [2.05, 4.69) is 34.1 Å². The summed E-state index contributed by atoms with van der Waals surface area (Å²) in [5.41, 5.74) is 2.43. The van der Waals surface area contributed by atoms with E-state index in [1.807, 2.05) is 21.0 Å². The van der Waals surface area contributed by atoms with Crippen molar-refractivity contribution in [1.29, 1.82) is 0 Å². The van der Waals surface area contributed by atoms with E-state index in [1.165, 1.54) is 30.5 Å². The molecule has 19 heavy (non-hydrogen) atoms. The van der Waals surface area contributed by atoms with Crippen LogP contribution >= 0.6 is 0 Å². The summed E-state index contributed by atoms with van der Waals surface area (Å²) >= 11 is 0. The molecule has 0 aliphatic carbocycles. The second-order valence-electron chi connectivity index (χ2n) is 5.77. The van der Waals surface area contributed by atoms with Gasteiger partial charge in [0.05, 0.1) is 12.1 Å². The molecule has 3 nitrogen and oxygen atoms in total. The van der Waals surface area contributed by atoms with Crippen LogP contribution < -0.4 is 4.90 Å². The standard InChI is InChI=1S/C16H26N2O/c1-13(19)16(18-11-5-4-6-12-18)14-7-9-15(10-8-14)17(2)3/h7-10,13,16,19H,4-6,11-12H2,1-3H3. The van der Waals surface area contributed by atoms with E-state index in [1.54, 1.807) is 0 Å². The fourth-order valence-electron chi connectivity index (χ4n) is 2.96. The lowest BCUT2D eigenvalue weighted by Crippen LogP contribution is -2.38. The van der Waals surface area contributed by atoms with Crippen molar-refractivity contribution in [2.45, 2.75) is 38.3 Å². The van der Waals surface area contributed by atoms with Gasteiger partial charge < -0.3 is 10.0 Å². The van der Waals surface area contributed by atoms with Gasteiger partial charge in [-0.3, -0.25) is 4.90 Å². The molecule has 1 N–H and O–H groups in total. The minimum absolute atomic E-state index is 0.136. The molecule has 0 radical (unpaired) electrons. The first-order chi connectivity index (χ1) is 9.09. The van der Waals surface area contributed by atoms with Crippen LogP contribution in [0.3, 0.4) is 0 Å². The van der Waals surface area contributed by atoms with Crippen LogP contribution in [0, 0.1) is 0 Å². The molecule has 106 valence electrons. The van der Waals surface area contributed by atoms with Crippen molar-refractivity contribution >= 4 is 5.69 Å². The predicted octanol–water partition coefficient (Wildman–Crippen LogP) is 2.66. The van der Waals surface area contributed by atoms with E-state index in [0.29, 0.717) is 0 Å². The van der Waals surface area contributed by atoms with Gasteiger partial charge in [0.1, 0.15) is 0 Å². The number of aliphatic hydroxyl groups excluding tert-OH is 1. The summed E-state index contributed by atoms with van der Waals surface area (Å²) in [7, 11) is 4.09. The number of hydrogen-bond acceptors (Lipinski definition) is 3. The van der Waals surface area contributed by atoms with E-state index in [-0.39, 0.29) is 12.1 Å². The fraction of sp³-hybridized carbons (Fsp3) is 0.625. The molecule has 1 heterocycles. The maximum Gasteiger partial charge on any atom is 0.0708 e. The third kappa shape index (κ3) is 3.48. The number of benzene rings is 1. The minimum Gasteiger partial charge on any atom is -0.391 e. The molecule has 0 aromatic heterocycles. The Kier molecular flexibility index (Phi) is 4.83. The summed E-state index contributed by atoms with van der Waals surface area (Å²) in [6, 6.07) is 8.71. The van der Waals surface area contributed by atoms with E-state index < -0.39 is 0 Å². The predicted molar refractivity (Wildman–Crippen MR) is 80.6 cm³/mol. The van der Waals surface area contributed by atoms with Gasteiger partial charge in [-0.1, -0.05) is 18.6 Å². The summed E-state index contributed by atoms with van der Waals surface area (Å²) in [4.78, 5) is 4.53. The number of rotatable bonds is 4. The maximum absolute atomic E-state index is 10.1. The van der Waals surface area contributed by atoms with Gasteiger partial charge >= 0.3 is 0 Å². The van der Waals surface area contributed by atoms with Crippen LogP contribution in [0.25, 0.3) is 0 Å². The summed E-state index contributed by atoms with van der Waals surface area (Å²) in [6.07, 6.45) is 3.49. The van der Waals surface area contributed by atoms with E-state index in [9.17, 15) is 5.11 Å². The summed E-state index contributed by atoms with van der Waals surface area (Å²) < 4.78 is 0. The lowest BCUT2D eigenvalue weighted by atomic mass is 9.97. The van der Waals surface area contributed by atoms with Gasteiger partial charge in [0, 0.05) is 19.8 Å². The zero-order chi connectivity index (χ0) is 13.8. The summed E-state index contributed by atoms with van der Waals surface area (Å²) in [5, 5.41) is 10.1. The van der Waals surface area contributed by atoms with Crippen LogP contribution in [-0.2, 0) is 0 Å². The lowest BCUT2D eigenvalue weighted by molar-refractivity contribution is 0.0483. The quantitative estimate of drug-likeness (QED) is 0.903. The van der Waals surface area contributed by atoms with Gasteiger partial charge in [-0.2, -0.15) is 0 Å². The highest BCUT2D eigenvalue weighted by Crippen LogP contribution is 2.28. The third-order valence-corrected chi connectivity index (χ3v) is 3.99. The molecular formula is C16H26N2O. The zero-order valence-corrected chi connectivity index (χ0v) is 12.3. The first-order valence-electron chi connectivity index (χ1n) is 7.29. The highest BCUT2D eigenvalue weighted by molar-refractivity contribution is 5.46. The Balaban J connectivity index is 2.18. The molecule has 3 heteroatoms. The highest BCUT2D eigenvalue weighted by Gasteiger charge is 2.26. The van der Waals surface area contributed by atoms with Crippen molar-refractivity contribution in [3.05, 3.63) is 29.8 Å². The zero-order valence-electron chi connectivity index (χ0n) is 12.3. The smallest absolute Gasteiger partial charge is 0.0708 e. The van der Waals surface area contributed by atoms with Crippen LogP contribution in [0.15, 0.2) is 24.3 Å². The molecule has 2 rings (SSSR count). The first-order valence-corrected chi connectivity index (χ1v) is 7.29.